The van der Waals surface area contributed by atoms with Crippen LogP contribution in [0.2, 0.25) is 0 Å². The third-order valence-corrected chi connectivity index (χ3v) is 8.94. The molecule has 3 aliphatic rings. The molecule has 0 radical (unpaired) electrons. The zero-order valence-electron chi connectivity index (χ0n) is 26.7. The standard InChI is InChI=1S/C35H42N6O5/c1-4-41(32-16-13-25(20-37-32)35(44)40-45)17-18-46-26-14-15-30(36-21-26)38-31-12-8-7-11-27-22(2)33(23(3)42)29(43)19-28(34(27)39-31)24-9-5-6-10-24/h11-16,20-21,24,28,45H,4-10,17-19H2,1-3H3,(H,36,38)(H,40,44)/b27-11-,31-12?,39-34?. The lowest BCUT2D eigenvalue weighted by atomic mass is 9.80. The van der Waals surface area contributed by atoms with E-state index in [2.05, 4.69) is 27.4 Å². The molecule has 0 bridgehead atoms. The number of carbonyl (C=O) groups is 3. The molecular formula is C35H42N6O5. The molecule has 0 spiro atoms. The average molecular weight is 627 g/mol. The maximum absolute atomic E-state index is 13.4. The smallest absolute Gasteiger partial charge is 0.276 e. The van der Waals surface area contributed by atoms with Crippen molar-refractivity contribution in [1.82, 2.24) is 15.4 Å². The van der Waals surface area contributed by atoms with Crippen molar-refractivity contribution in [3.8, 4) is 5.75 Å². The largest absolute Gasteiger partial charge is 0.490 e. The second-order valence-electron chi connectivity index (χ2n) is 11.9. The summed E-state index contributed by atoms with van der Waals surface area (Å²) in [4.78, 5) is 53.6. The summed E-state index contributed by atoms with van der Waals surface area (Å²) in [6, 6.07) is 7.03. The lowest BCUT2D eigenvalue weighted by molar-refractivity contribution is -0.120. The van der Waals surface area contributed by atoms with E-state index in [0.717, 1.165) is 55.4 Å². The molecule has 5 rings (SSSR count). The van der Waals surface area contributed by atoms with Crippen LogP contribution in [0.3, 0.4) is 0 Å². The fraction of sp³-hybridized carbons (Fsp3) is 0.429. The zero-order valence-corrected chi connectivity index (χ0v) is 26.7. The zero-order chi connectivity index (χ0) is 32.6. The summed E-state index contributed by atoms with van der Waals surface area (Å²) < 4.78 is 5.96. The molecule has 3 N–H and O–H groups in total. The molecule has 1 unspecified atom stereocenters. The van der Waals surface area contributed by atoms with Crippen LogP contribution in [0.15, 0.2) is 76.3 Å². The molecule has 11 nitrogen and oxygen atoms in total. The summed E-state index contributed by atoms with van der Waals surface area (Å²) in [6.07, 6.45) is 13.6. The van der Waals surface area contributed by atoms with E-state index >= 15 is 0 Å². The quantitative estimate of drug-likeness (QED) is 0.165. The van der Waals surface area contributed by atoms with Gasteiger partial charge < -0.3 is 15.0 Å². The minimum absolute atomic E-state index is 0.0315. The molecule has 0 aromatic carbocycles. The molecule has 2 aliphatic carbocycles. The van der Waals surface area contributed by atoms with E-state index in [1.54, 1.807) is 23.8 Å². The van der Waals surface area contributed by atoms with E-state index in [9.17, 15) is 14.4 Å². The normalized spacial score (nSPS) is 19.9. The van der Waals surface area contributed by atoms with Gasteiger partial charge >= 0.3 is 0 Å². The molecule has 46 heavy (non-hydrogen) atoms. The number of amides is 1. The number of likely N-dealkylation sites (N-methyl/N-ethyl adjacent to an activating group) is 1. The molecule has 1 saturated carbocycles. The molecule has 1 amide bonds. The second-order valence-corrected chi connectivity index (χ2v) is 11.9. The van der Waals surface area contributed by atoms with Gasteiger partial charge in [0.05, 0.1) is 29.6 Å². The molecule has 242 valence electrons. The Kier molecular flexibility index (Phi) is 10.7. The fourth-order valence-electron chi connectivity index (χ4n) is 6.60. The van der Waals surface area contributed by atoms with Crippen molar-refractivity contribution < 1.29 is 24.3 Å². The van der Waals surface area contributed by atoms with Crippen LogP contribution in [0, 0.1) is 11.8 Å². The predicted octanol–water partition coefficient (Wildman–Crippen LogP) is 5.60. The summed E-state index contributed by atoms with van der Waals surface area (Å²) in [5.41, 5.74) is 4.75. The van der Waals surface area contributed by atoms with Crippen LogP contribution >= 0.6 is 0 Å². The molecular weight excluding hydrogens is 584 g/mol. The SMILES string of the molecule is CCN(CCOc1ccc(NC2=CCC/C=C3\C(=N2)C(C2CCCC2)CC(=O)C(C(C)=O)=C3C)nc1)c1ccc(C(=O)NO)cn1. The molecule has 2 aromatic rings. The monoisotopic (exact) mass is 626 g/mol. The lowest BCUT2D eigenvalue weighted by Crippen LogP contribution is -2.29. The first-order chi connectivity index (χ1) is 22.3. The van der Waals surface area contributed by atoms with Crippen molar-refractivity contribution in [2.45, 2.75) is 65.7 Å². The third-order valence-electron chi connectivity index (χ3n) is 8.94. The van der Waals surface area contributed by atoms with E-state index in [0.29, 0.717) is 60.8 Å². The highest BCUT2D eigenvalue weighted by Gasteiger charge is 2.38. The maximum atomic E-state index is 13.4. The summed E-state index contributed by atoms with van der Waals surface area (Å²) in [7, 11) is 0. The minimum atomic E-state index is -0.611. The van der Waals surface area contributed by atoms with Crippen molar-refractivity contribution >= 4 is 34.8 Å². The van der Waals surface area contributed by atoms with Gasteiger partial charge in [0.2, 0.25) is 0 Å². The van der Waals surface area contributed by atoms with Gasteiger partial charge in [-0.1, -0.05) is 18.9 Å². The van der Waals surface area contributed by atoms with E-state index in [1.807, 2.05) is 30.9 Å². The number of hydroxylamine groups is 1. The molecule has 1 fully saturated rings. The van der Waals surface area contributed by atoms with Crippen molar-refractivity contribution in [1.29, 1.82) is 0 Å². The van der Waals surface area contributed by atoms with Gasteiger partial charge in [-0.05, 0) is 93.9 Å². The van der Waals surface area contributed by atoms with Crippen LogP contribution in [0.1, 0.15) is 76.1 Å². The van der Waals surface area contributed by atoms with Crippen molar-refractivity contribution in [2.75, 3.05) is 29.9 Å². The maximum Gasteiger partial charge on any atom is 0.276 e. The number of aromatic nitrogens is 2. The van der Waals surface area contributed by atoms with Crippen molar-refractivity contribution in [3.05, 3.63) is 76.9 Å². The Labute approximate surface area is 269 Å². The molecule has 2 aromatic heterocycles. The number of ether oxygens (including phenoxy) is 1. The minimum Gasteiger partial charge on any atom is -0.490 e. The Hall–Kier alpha value is -4.64. The topological polar surface area (TPSA) is 146 Å². The summed E-state index contributed by atoms with van der Waals surface area (Å²) >= 11 is 0. The second kappa shape index (κ2) is 15.1. The highest BCUT2D eigenvalue weighted by Crippen LogP contribution is 2.40. The molecule has 11 heteroatoms. The highest BCUT2D eigenvalue weighted by molar-refractivity contribution is 6.25. The number of hydrogen-bond acceptors (Lipinski definition) is 10. The number of Topliss-reactive ketones (excluding diaryl/α,β-unsaturated/α-hetero) is 2. The number of allylic oxidation sites excluding steroid dienone is 5. The first kappa shape index (κ1) is 32.7. The number of aliphatic imine (C=N–C) groups is 1. The van der Waals surface area contributed by atoms with Crippen LogP contribution in [-0.2, 0) is 9.59 Å². The number of carbonyl (C=O) groups excluding carboxylic acids is 3. The van der Waals surface area contributed by atoms with Gasteiger partial charge in [0.25, 0.3) is 5.91 Å². The van der Waals surface area contributed by atoms with Crippen LogP contribution in [0.4, 0.5) is 11.6 Å². The first-order valence-electron chi connectivity index (χ1n) is 16.0. The highest BCUT2D eigenvalue weighted by atomic mass is 16.5. The molecule has 1 aliphatic heterocycles. The van der Waals surface area contributed by atoms with Gasteiger partial charge in [-0.25, -0.2) is 20.4 Å². The summed E-state index contributed by atoms with van der Waals surface area (Å²) in [6.45, 7) is 7.03. The van der Waals surface area contributed by atoms with Crippen LogP contribution in [0.25, 0.3) is 0 Å². The Morgan fingerprint density at radius 1 is 1.07 bits per heavy atom. The van der Waals surface area contributed by atoms with Crippen molar-refractivity contribution in [3.63, 3.8) is 0 Å². The molecule has 1 atom stereocenters. The Bertz CT molecular complexity index is 1570. The summed E-state index contributed by atoms with van der Waals surface area (Å²) in [5, 5.41) is 12.2. The summed E-state index contributed by atoms with van der Waals surface area (Å²) in [5.74, 6) is 2.10. The number of anilines is 2. The first-order valence-corrected chi connectivity index (χ1v) is 16.0. The van der Waals surface area contributed by atoms with Crippen molar-refractivity contribution in [2.24, 2.45) is 16.8 Å². The van der Waals surface area contributed by atoms with Crippen LogP contribution < -0.4 is 20.4 Å². The van der Waals surface area contributed by atoms with Crippen LogP contribution in [0.5, 0.6) is 5.75 Å². The van der Waals surface area contributed by atoms with Gasteiger partial charge in [-0.3, -0.25) is 19.6 Å². The van der Waals surface area contributed by atoms with E-state index in [-0.39, 0.29) is 23.0 Å². The lowest BCUT2D eigenvalue weighted by Gasteiger charge is -2.26. The van der Waals surface area contributed by atoms with Gasteiger partial charge in [-0.15, -0.1) is 0 Å². The van der Waals surface area contributed by atoms with Gasteiger partial charge in [0.1, 0.15) is 29.8 Å². The number of ketones is 2. The van der Waals surface area contributed by atoms with E-state index < -0.39 is 5.91 Å². The molecule has 0 saturated heterocycles. The number of fused-ring (bicyclic) bond motifs is 1. The Morgan fingerprint density at radius 3 is 2.50 bits per heavy atom. The number of pyridine rings is 2. The third kappa shape index (κ3) is 7.59. The number of nitrogens with one attached hydrogen (secondary N) is 2. The van der Waals surface area contributed by atoms with Gasteiger partial charge in [-0.2, -0.15) is 0 Å². The van der Waals surface area contributed by atoms with Gasteiger partial charge in [0.15, 0.2) is 11.6 Å². The molecule has 3 heterocycles. The van der Waals surface area contributed by atoms with Gasteiger partial charge in [0, 0.05) is 25.1 Å². The average Bonchev–Trinajstić information content (AvgIpc) is 3.56. The van der Waals surface area contributed by atoms with E-state index in [1.165, 1.54) is 13.1 Å². The Morgan fingerprint density at radius 2 is 1.85 bits per heavy atom. The predicted molar refractivity (Wildman–Crippen MR) is 176 cm³/mol. The number of hydrogen-bond donors (Lipinski definition) is 3. The fourth-order valence-corrected chi connectivity index (χ4v) is 6.60. The van der Waals surface area contributed by atoms with Crippen LogP contribution in [-0.4, -0.2) is 58.1 Å². The Balaban J connectivity index is 1.27. The number of rotatable bonds is 11. The van der Waals surface area contributed by atoms with E-state index in [4.69, 9.17) is 14.9 Å². The number of nitrogens with zero attached hydrogens (tertiary/aromatic N) is 4.